The zero-order chi connectivity index (χ0) is 20.3. The van der Waals surface area contributed by atoms with Gasteiger partial charge in [0.15, 0.2) is 12.4 Å². The van der Waals surface area contributed by atoms with Crippen LogP contribution in [0.1, 0.15) is 36.2 Å². The van der Waals surface area contributed by atoms with Crippen molar-refractivity contribution in [3.8, 4) is 5.75 Å². The molecule has 1 aliphatic heterocycles. The average molecular weight is 417 g/mol. The number of hydrogen-bond acceptors (Lipinski definition) is 6. The van der Waals surface area contributed by atoms with Crippen LogP contribution in [0.25, 0.3) is 0 Å². The van der Waals surface area contributed by atoms with Crippen molar-refractivity contribution in [3.05, 3.63) is 77.7 Å². The highest BCUT2D eigenvalue weighted by molar-refractivity contribution is 7.88. The molecule has 4 rings (SSSR count). The van der Waals surface area contributed by atoms with Crippen molar-refractivity contribution in [1.82, 2.24) is 14.4 Å². The number of halogens is 1. The molecule has 9 heteroatoms. The van der Waals surface area contributed by atoms with E-state index < -0.39 is 16.1 Å². The normalized spacial score (nSPS) is 17.5. The van der Waals surface area contributed by atoms with Gasteiger partial charge in [0.05, 0.1) is 11.8 Å². The fourth-order valence-corrected chi connectivity index (χ4v) is 5.11. The molecule has 0 spiro atoms. The van der Waals surface area contributed by atoms with Crippen LogP contribution in [0.4, 0.5) is 4.39 Å². The van der Waals surface area contributed by atoms with Gasteiger partial charge < -0.3 is 9.26 Å². The quantitative estimate of drug-likeness (QED) is 0.585. The molecule has 2 aromatic carbocycles. The maximum Gasteiger partial charge on any atom is 0.264 e. The Balaban J connectivity index is 1.44. The van der Waals surface area contributed by atoms with Gasteiger partial charge in [0.1, 0.15) is 11.6 Å². The second-order valence-electron chi connectivity index (χ2n) is 6.80. The van der Waals surface area contributed by atoms with Crippen molar-refractivity contribution in [2.45, 2.75) is 31.2 Å². The molecule has 29 heavy (non-hydrogen) atoms. The Bertz CT molecular complexity index is 1050. The minimum atomic E-state index is -3.52. The van der Waals surface area contributed by atoms with Crippen molar-refractivity contribution in [1.29, 1.82) is 0 Å². The van der Waals surface area contributed by atoms with Gasteiger partial charge in [-0.05, 0) is 42.7 Å². The van der Waals surface area contributed by atoms with Crippen molar-refractivity contribution in [2.75, 3.05) is 6.54 Å². The number of benzene rings is 2. The third kappa shape index (κ3) is 4.63. The first-order valence-electron chi connectivity index (χ1n) is 9.25. The summed E-state index contributed by atoms with van der Waals surface area (Å²) >= 11 is 0. The molecule has 152 valence electrons. The van der Waals surface area contributed by atoms with Crippen LogP contribution in [0.2, 0.25) is 0 Å². The summed E-state index contributed by atoms with van der Waals surface area (Å²) < 4.78 is 51.0. The maximum atomic E-state index is 12.9. The third-order valence-electron chi connectivity index (χ3n) is 4.71. The summed E-state index contributed by atoms with van der Waals surface area (Å²) in [6.07, 6.45) is 1.36. The summed E-state index contributed by atoms with van der Waals surface area (Å²) in [6, 6.07) is 14.2. The smallest absolute Gasteiger partial charge is 0.264 e. The van der Waals surface area contributed by atoms with Crippen LogP contribution in [0.5, 0.6) is 5.75 Å². The van der Waals surface area contributed by atoms with E-state index in [1.807, 2.05) is 18.2 Å². The van der Waals surface area contributed by atoms with Gasteiger partial charge in [0, 0.05) is 6.54 Å². The molecule has 3 aromatic rings. The summed E-state index contributed by atoms with van der Waals surface area (Å²) in [5.41, 5.74) is 0.736. The number of aromatic nitrogens is 2. The summed E-state index contributed by atoms with van der Waals surface area (Å²) in [6.45, 7) is 0.442. The monoisotopic (exact) mass is 417 g/mol. The van der Waals surface area contributed by atoms with Crippen molar-refractivity contribution >= 4 is 10.0 Å². The third-order valence-corrected chi connectivity index (χ3v) is 6.56. The number of ether oxygens (including phenoxy) is 1. The second-order valence-corrected chi connectivity index (χ2v) is 8.72. The Morgan fingerprint density at radius 3 is 2.66 bits per heavy atom. The predicted octanol–water partition coefficient (Wildman–Crippen LogP) is 3.45. The molecule has 1 atom stereocenters. The highest BCUT2D eigenvalue weighted by Gasteiger charge is 2.37. The molecule has 1 aromatic heterocycles. The van der Waals surface area contributed by atoms with Gasteiger partial charge >= 0.3 is 0 Å². The highest BCUT2D eigenvalue weighted by Crippen LogP contribution is 2.33. The van der Waals surface area contributed by atoms with Crippen molar-refractivity contribution in [2.24, 2.45) is 0 Å². The molecule has 2 heterocycles. The second kappa shape index (κ2) is 8.30. The summed E-state index contributed by atoms with van der Waals surface area (Å²) in [7, 11) is -3.52. The topological polar surface area (TPSA) is 85.5 Å². The van der Waals surface area contributed by atoms with Crippen LogP contribution < -0.4 is 4.74 Å². The first-order valence-corrected chi connectivity index (χ1v) is 10.9. The summed E-state index contributed by atoms with van der Waals surface area (Å²) in [5, 5.41) is 3.96. The first-order chi connectivity index (χ1) is 14.0. The van der Waals surface area contributed by atoms with Crippen LogP contribution in [0.15, 0.2) is 59.1 Å². The fourth-order valence-electron chi connectivity index (χ4n) is 3.34. The maximum absolute atomic E-state index is 12.9. The van der Waals surface area contributed by atoms with E-state index in [2.05, 4.69) is 10.1 Å². The predicted molar refractivity (Wildman–Crippen MR) is 103 cm³/mol. The molecule has 1 fully saturated rings. The van der Waals surface area contributed by atoms with Gasteiger partial charge in [0.25, 0.3) is 5.89 Å². The van der Waals surface area contributed by atoms with Gasteiger partial charge in [-0.15, -0.1) is 0 Å². The van der Waals surface area contributed by atoms with E-state index in [1.165, 1.54) is 28.6 Å². The minimum absolute atomic E-state index is 0.0160. The largest absolute Gasteiger partial charge is 0.484 e. The van der Waals surface area contributed by atoms with Crippen LogP contribution in [0.3, 0.4) is 0 Å². The molecule has 0 radical (unpaired) electrons. The Morgan fingerprint density at radius 2 is 1.90 bits per heavy atom. The molecule has 7 nitrogen and oxygen atoms in total. The van der Waals surface area contributed by atoms with Gasteiger partial charge in [-0.3, -0.25) is 0 Å². The molecule has 0 N–H and O–H groups in total. The molecular formula is C20H20FN3O4S. The zero-order valence-electron chi connectivity index (χ0n) is 15.6. The van der Waals surface area contributed by atoms with Crippen molar-refractivity contribution in [3.63, 3.8) is 0 Å². The summed E-state index contributed by atoms with van der Waals surface area (Å²) in [5.74, 6) is 0.617. The first kappa shape index (κ1) is 19.5. The lowest BCUT2D eigenvalue weighted by Gasteiger charge is -2.21. The van der Waals surface area contributed by atoms with Crippen LogP contribution >= 0.6 is 0 Å². The lowest BCUT2D eigenvalue weighted by molar-refractivity contribution is 0.241. The number of hydrogen-bond donors (Lipinski definition) is 0. The summed E-state index contributed by atoms with van der Waals surface area (Å²) in [4.78, 5) is 4.31. The molecule has 0 saturated carbocycles. The Labute approximate surface area is 168 Å². The molecule has 1 saturated heterocycles. The number of sulfonamides is 1. The van der Waals surface area contributed by atoms with Crippen LogP contribution in [-0.4, -0.2) is 29.4 Å². The SMILES string of the molecule is O=S(=O)(Cc1ccccc1)N1CCCC1c1noc(COc2ccc(F)cc2)n1. The Morgan fingerprint density at radius 1 is 1.14 bits per heavy atom. The van der Waals surface area contributed by atoms with E-state index in [1.54, 1.807) is 12.1 Å². The standard InChI is InChI=1S/C20H20FN3O4S/c21-16-8-10-17(11-9-16)27-13-19-22-20(23-28-19)18-7-4-12-24(18)29(25,26)14-15-5-2-1-3-6-15/h1-3,5-6,8-11,18H,4,7,12-14H2. The van der Waals surface area contributed by atoms with Gasteiger partial charge in [0.2, 0.25) is 10.0 Å². The minimum Gasteiger partial charge on any atom is -0.484 e. The molecular weight excluding hydrogens is 397 g/mol. The Hall–Kier alpha value is -2.78. The van der Waals surface area contributed by atoms with Crippen LogP contribution in [0, 0.1) is 5.82 Å². The number of nitrogens with zero attached hydrogens (tertiary/aromatic N) is 3. The zero-order valence-corrected chi connectivity index (χ0v) is 16.4. The van der Waals surface area contributed by atoms with E-state index in [0.29, 0.717) is 24.5 Å². The number of rotatable bonds is 7. The van der Waals surface area contributed by atoms with Crippen LogP contribution in [-0.2, 0) is 22.4 Å². The average Bonchev–Trinajstić information content (AvgIpc) is 3.38. The molecule has 0 bridgehead atoms. The molecule has 0 aliphatic carbocycles. The van der Waals surface area contributed by atoms with E-state index in [9.17, 15) is 12.8 Å². The van der Waals surface area contributed by atoms with Gasteiger partial charge in [-0.25, -0.2) is 12.8 Å². The molecule has 0 amide bonds. The van der Waals surface area contributed by atoms with E-state index in [0.717, 1.165) is 12.0 Å². The van der Waals surface area contributed by atoms with Crippen molar-refractivity contribution < 1.29 is 22.1 Å². The van der Waals surface area contributed by atoms with Gasteiger partial charge in [-0.1, -0.05) is 35.5 Å². The van der Waals surface area contributed by atoms with Gasteiger partial charge in [-0.2, -0.15) is 9.29 Å². The van der Waals surface area contributed by atoms with E-state index >= 15 is 0 Å². The highest BCUT2D eigenvalue weighted by atomic mass is 32.2. The fraction of sp³-hybridized carbons (Fsp3) is 0.300. The molecule has 1 aliphatic rings. The van der Waals surface area contributed by atoms with E-state index in [-0.39, 0.29) is 24.1 Å². The lowest BCUT2D eigenvalue weighted by Crippen LogP contribution is -2.32. The Kier molecular flexibility index (Phi) is 5.59. The lowest BCUT2D eigenvalue weighted by atomic mass is 10.2. The van der Waals surface area contributed by atoms with E-state index in [4.69, 9.17) is 9.26 Å². The molecule has 1 unspecified atom stereocenters.